The molecule has 4 heteroatoms. The van der Waals surface area contributed by atoms with Crippen LogP contribution in [0.3, 0.4) is 0 Å². The number of ether oxygens (including phenoxy) is 2. The van der Waals surface area contributed by atoms with Gasteiger partial charge in [-0.2, -0.15) is 0 Å². The van der Waals surface area contributed by atoms with Crippen LogP contribution in [0.15, 0.2) is 53.0 Å². The van der Waals surface area contributed by atoms with Crippen molar-refractivity contribution >= 4 is 21.6 Å². The second-order valence-electron chi connectivity index (χ2n) is 4.34. The summed E-state index contributed by atoms with van der Waals surface area (Å²) in [6.45, 7) is 1.96. The first kappa shape index (κ1) is 14.9. The molecule has 1 N–H and O–H groups in total. The number of methoxy groups -OCH3 is 1. The van der Waals surface area contributed by atoms with Crippen molar-refractivity contribution in [3.8, 4) is 5.75 Å². The number of nitrogens with one attached hydrogen (secondary N) is 1. The fraction of sp³-hybridized carbons (Fsp3) is 0.250. The number of hydrogen-bond acceptors (Lipinski definition) is 3. The zero-order valence-corrected chi connectivity index (χ0v) is 13.0. The van der Waals surface area contributed by atoms with Gasteiger partial charge >= 0.3 is 0 Å². The Labute approximate surface area is 128 Å². The van der Waals surface area contributed by atoms with Gasteiger partial charge in [0.2, 0.25) is 0 Å². The van der Waals surface area contributed by atoms with Crippen LogP contribution >= 0.6 is 15.9 Å². The van der Waals surface area contributed by atoms with E-state index in [-0.39, 0.29) is 0 Å². The minimum atomic E-state index is 0.604. The molecule has 0 saturated carbocycles. The van der Waals surface area contributed by atoms with Crippen molar-refractivity contribution in [3.05, 3.63) is 58.6 Å². The third-order valence-electron chi connectivity index (χ3n) is 2.77. The lowest BCUT2D eigenvalue weighted by Crippen LogP contribution is -2.11. The predicted octanol–water partition coefficient (Wildman–Crippen LogP) is 4.09. The van der Waals surface area contributed by atoms with Crippen LogP contribution in [0.4, 0.5) is 5.69 Å². The first-order chi connectivity index (χ1) is 9.79. The third-order valence-corrected chi connectivity index (χ3v) is 3.46. The van der Waals surface area contributed by atoms with Crippen molar-refractivity contribution in [2.45, 2.75) is 6.61 Å². The Balaban J connectivity index is 1.78. The highest BCUT2D eigenvalue weighted by Crippen LogP contribution is 2.20. The van der Waals surface area contributed by atoms with Crippen LogP contribution in [-0.2, 0) is 11.3 Å². The SMILES string of the molecule is COCc1cccc(OCCNc2ccccc2Br)c1. The largest absolute Gasteiger partial charge is 0.492 e. The van der Waals surface area contributed by atoms with Crippen molar-refractivity contribution < 1.29 is 9.47 Å². The maximum Gasteiger partial charge on any atom is 0.119 e. The lowest BCUT2D eigenvalue weighted by molar-refractivity contribution is 0.184. The van der Waals surface area contributed by atoms with E-state index in [0.29, 0.717) is 13.2 Å². The predicted molar refractivity (Wildman–Crippen MR) is 85.3 cm³/mol. The third kappa shape index (κ3) is 4.54. The fourth-order valence-corrected chi connectivity index (χ4v) is 2.28. The monoisotopic (exact) mass is 335 g/mol. The van der Waals surface area contributed by atoms with E-state index in [2.05, 4.69) is 21.2 Å². The average Bonchev–Trinajstić information content (AvgIpc) is 2.46. The number of anilines is 1. The van der Waals surface area contributed by atoms with Gasteiger partial charge in [0.15, 0.2) is 0 Å². The molecule has 0 heterocycles. The maximum atomic E-state index is 5.72. The standard InChI is InChI=1S/C16H18BrNO2/c1-19-12-13-5-4-6-14(11-13)20-10-9-18-16-8-3-2-7-15(16)17/h2-8,11,18H,9-10,12H2,1H3. The molecule has 0 amide bonds. The van der Waals surface area contributed by atoms with E-state index < -0.39 is 0 Å². The van der Waals surface area contributed by atoms with Gasteiger partial charge in [-0.15, -0.1) is 0 Å². The summed E-state index contributed by atoms with van der Waals surface area (Å²) < 4.78 is 11.9. The Morgan fingerprint density at radius 1 is 1.10 bits per heavy atom. The molecule has 2 rings (SSSR count). The molecule has 0 aliphatic carbocycles. The second-order valence-corrected chi connectivity index (χ2v) is 5.19. The summed E-state index contributed by atoms with van der Waals surface area (Å²) in [4.78, 5) is 0. The number of benzene rings is 2. The fourth-order valence-electron chi connectivity index (χ4n) is 1.85. The molecule has 2 aromatic carbocycles. The van der Waals surface area contributed by atoms with Gasteiger partial charge in [0.05, 0.1) is 6.61 Å². The summed E-state index contributed by atoms with van der Waals surface area (Å²) in [5, 5.41) is 3.33. The van der Waals surface area contributed by atoms with Gasteiger partial charge in [-0.05, 0) is 45.8 Å². The molecule has 0 saturated heterocycles. The molecule has 0 aliphatic rings. The highest BCUT2D eigenvalue weighted by atomic mass is 79.9. The molecule has 0 atom stereocenters. The lowest BCUT2D eigenvalue weighted by atomic mass is 10.2. The van der Waals surface area contributed by atoms with Gasteiger partial charge in [-0.3, -0.25) is 0 Å². The molecule has 106 valence electrons. The van der Waals surface area contributed by atoms with Crippen LogP contribution in [0, 0.1) is 0 Å². The second kappa shape index (κ2) is 7.92. The zero-order chi connectivity index (χ0) is 14.2. The highest BCUT2D eigenvalue weighted by molar-refractivity contribution is 9.10. The smallest absolute Gasteiger partial charge is 0.119 e. The first-order valence-electron chi connectivity index (χ1n) is 6.48. The Hall–Kier alpha value is -1.52. The minimum absolute atomic E-state index is 0.604. The van der Waals surface area contributed by atoms with Gasteiger partial charge in [0, 0.05) is 23.8 Å². The van der Waals surface area contributed by atoms with Gasteiger partial charge in [-0.1, -0.05) is 24.3 Å². The van der Waals surface area contributed by atoms with Crippen LogP contribution in [0.2, 0.25) is 0 Å². The van der Waals surface area contributed by atoms with Crippen molar-refractivity contribution in [3.63, 3.8) is 0 Å². The number of para-hydroxylation sites is 1. The van der Waals surface area contributed by atoms with E-state index in [1.54, 1.807) is 7.11 Å². The Morgan fingerprint density at radius 2 is 1.95 bits per heavy atom. The summed E-state index contributed by atoms with van der Waals surface area (Å²) >= 11 is 3.50. The number of hydrogen-bond donors (Lipinski definition) is 1. The molecule has 0 spiro atoms. The van der Waals surface area contributed by atoms with E-state index in [9.17, 15) is 0 Å². The van der Waals surface area contributed by atoms with Gasteiger partial charge in [0.1, 0.15) is 12.4 Å². The van der Waals surface area contributed by atoms with Crippen molar-refractivity contribution in [2.75, 3.05) is 25.6 Å². The van der Waals surface area contributed by atoms with Crippen LogP contribution in [0.1, 0.15) is 5.56 Å². The van der Waals surface area contributed by atoms with Gasteiger partial charge < -0.3 is 14.8 Å². The average molecular weight is 336 g/mol. The van der Waals surface area contributed by atoms with E-state index >= 15 is 0 Å². The van der Waals surface area contributed by atoms with Crippen LogP contribution in [-0.4, -0.2) is 20.3 Å². The van der Waals surface area contributed by atoms with Crippen molar-refractivity contribution in [1.82, 2.24) is 0 Å². The van der Waals surface area contributed by atoms with E-state index in [0.717, 1.165) is 28.0 Å². The Bertz CT molecular complexity index is 546. The molecule has 2 aromatic rings. The van der Waals surface area contributed by atoms with E-state index in [1.165, 1.54) is 0 Å². The zero-order valence-electron chi connectivity index (χ0n) is 11.4. The summed E-state index contributed by atoms with van der Waals surface area (Å²) in [6.07, 6.45) is 0. The highest BCUT2D eigenvalue weighted by Gasteiger charge is 1.99. The number of rotatable bonds is 7. The first-order valence-corrected chi connectivity index (χ1v) is 7.28. The summed E-state index contributed by atoms with van der Waals surface area (Å²) in [5.74, 6) is 0.869. The summed E-state index contributed by atoms with van der Waals surface area (Å²) in [7, 11) is 1.69. The molecule has 3 nitrogen and oxygen atoms in total. The summed E-state index contributed by atoms with van der Waals surface area (Å²) in [5.41, 5.74) is 2.19. The van der Waals surface area contributed by atoms with Crippen molar-refractivity contribution in [2.24, 2.45) is 0 Å². The van der Waals surface area contributed by atoms with Crippen LogP contribution in [0.5, 0.6) is 5.75 Å². The molecule has 0 aliphatic heterocycles. The summed E-state index contributed by atoms with van der Waals surface area (Å²) in [6, 6.07) is 16.0. The lowest BCUT2D eigenvalue weighted by Gasteiger charge is -2.10. The van der Waals surface area contributed by atoms with Crippen LogP contribution < -0.4 is 10.1 Å². The topological polar surface area (TPSA) is 30.5 Å². The molecule has 0 aromatic heterocycles. The quantitative estimate of drug-likeness (QED) is 0.773. The van der Waals surface area contributed by atoms with Crippen molar-refractivity contribution in [1.29, 1.82) is 0 Å². The molecule has 20 heavy (non-hydrogen) atoms. The maximum absolute atomic E-state index is 5.72. The van der Waals surface area contributed by atoms with Crippen LogP contribution in [0.25, 0.3) is 0 Å². The van der Waals surface area contributed by atoms with Gasteiger partial charge in [0.25, 0.3) is 0 Å². The Morgan fingerprint density at radius 3 is 2.75 bits per heavy atom. The minimum Gasteiger partial charge on any atom is -0.492 e. The molecule has 0 unspecified atom stereocenters. The van der Waals surface area contributed by atoms with E-state index in [4.69, 9.17) is 9.47 Å². The molecule has 0 bridgehead atoms. The van der Waals surface area contributed by atoms with Gasteiger partial charge in [-0.25, -0.2) is 0 Å². The normalized spacial score (nSPS) is 10.3. The number of halogens is 1. The Kier molecular flexibility index (Phi) is 5.89. The molecular formula is C16H18BrNO2. The van der Waals surface area contributed by atoms with E-state index in [1.807, 2.05) is 48.5 Å². The molecule has 0 fully saturated rings. The molecular weight excluding hydrogens is 318 g/mol. The molecule has 0 radical (unpaired) electrons.